The molecule has 0 bridgehead atoms. The maximum Gasteiger partial charge on any atom is 0.257 e. The minimum atomic E-state index is -0.179. The van der Waals surface area contributed by atoms with Crippen LogP contribution in [0, 0.1) is 0 Å². The van der Waals surface area contributed by atoms with Crippen LogP contribution in [0.1, 0.15) is 41.4 Å². The van der Waals surface area contributed by atoms with Gasteiger partial charge in [0.05, 0.1) is 6.10 Å². The quantitative estimate of drug-likeness (QED) is 0.872. The van der Waals surface area contributed by atoms with Gasteiger partial charge in [0.1, 0.15) is 0 Å². The SMILES string of the molecule is CCCc1cnc(NC(=O)c2ccc(N3CCC(O)CC3)cc2)s1. The van der Waals surface area contributed by atoms with Crippen molar-refractivity contribution in [1.82, 2.24) is 4.98 Å². The van der Waals surface area contributed by atoms with Crippen LogP contribution in [0.25, 0.3) is 0 Å². The predicted molar refractivity (Wildman–Crippen MR) is 98.0 cm³/mol. The number of rotatable bonds is 5. The third-order valence-electron chi connectivity index (χ3n) is 4.23. The Morgan fingerprint density at radius 2 is 2.04 bits per heavy atom. The largest absolute Gasteiger partial charge is 0.393 e. The van der Waals surface area contributed by atoms with Gasteiger partial charge < -0.3 is 10.0 Å². The molecule has 1 aliphatic rings. The van der Waals surface area contributed by atoms with Crippen LogP contribution >= 0.6 is 11.3 Å². The first-order chi connectivity index (χ1) is 11.7. The number of aliphatic hydroxyl groups excluding tert-OH is 1. The highest BCUT2D eigenvalue weighted by Gasteiger charge is 2.17. The van der Waals surface area contributed by atoms with Crippen molar-refractivity contribution in [2.45, 2.75) is 38.7 Å². The molecule has 0 aliphatic carbocycles. The van der Waals surface area contributed by atoms with E-state index in [1.54, 1.807) is 0 Å². The number of aryl methyl sites for hydroxylation is 1. The molecule has 1 fully saturated rings. The Hall–Kier alpha value is -1.92. The van der Waals surface area contributed by atoms with Crippen LogP contribution < -0.4 is 10.2 Å². The summed E-state index contributed by atoms with van der Waals surface area (Å²) in [6.45, 7) is 3.83. The van der Waals surface area contributed by atoms with Crippen LogP contribution in [0.4, 0.5) is 10.8 Å². The summed E-state index contributed by atoms with van der Waals surface area (Å²) in [5, 5.41) is 13.1. The van der Waals surface area contributed by atoms with Crippen LogP contribution in [0.15, 0.2) is 30.5 Å². The lowest BCUT2D eigenvalue weighted by Gasteiger charge is -2.31. The van der Waals surface area contributed by atoms with Gasteiger partial charge in [-0.15, -0.1) is 11.3 Å². The molecular weight excluding hydrogens is 322 g/mol. The van der Waals surface area contributed by atoms with Gasteiger partial charge in [-0.1, -0.05) is 13.3 Å². The molecule has 1 aromatic heterocycles. The molecule has 1 aliphatic heterocycles. The highest BCUT2D eigenvalue weighted by atomic mass is 32.1. The smallest absolute Gasteiger partial charge is 0.257 e. The Balaban J connectivity index is 1.61. The van der Waals surface area contributed by atoms with Crippen molar-refractivity contribution in [2.75, 3.05) is 23.3 Å². The Kier molecular flexibility index (Phi) is 5.48. The Morgan fingerprint density at radius 3 is 2.71 bits per heavy atom. The molecule has 2 aromatic rings. The third kappa shape index (κ3) is 4.13. The van der Waals surface area contributed by atoms with Gasteiger partial charge in [0.25, 0.3) is 5.91 Å². The molecule has 0 spiro atoms. The zero-order valence-electron chi connectivity index (χ0n) is 13.9. The monoisotopic (exact) mass is 345 g/mol. The molecule has 24 heavy (non-hydrogen) atoms. The van der Waals surface area contributed by atoms with E-state index in [2.05, 4.69) is 22.1 Å². The van der Waals surface area contributed by atoms with E-state index in [1.807, 2.05) is 30.5 Å². The third-order valence-corrected chi connectivity index (χ3v) is 5.20. The predicted octanol–water partition coefficient (Wildman–Crippen LogP) is 3.31. The number of nitrogens with one attached hydrogen (secondary N) is 1. The number of carbonyl (C=O) groups is 1. The minimum absolute atomic E-state index is 0.131. The van der Waals surface area contributed by atoms with Gasteiger partial charge in [0.15, 0.2) is 5.13 Å². The highest BCUT2D eigenvalue weighted by molar-refractivity contribution is 7.15. The second-order valence-corrected chi connectivity index (χ2v) is 7.22. The number of amides is 1. The van der Waals surface area contributed by atoms with Gasteiger partial charge >= 0.3 is 0 Å². The standard InChI is InChI=1S/C18H23N3O2S/c1-2-3-16-12-19-18(24-16)20-17(23)13-4-6-14(7-5-13)21-10-8-15(22)9-11-21/h4-7,12,15,22H,2-3,8-11H2,1H3,(H,19,20,23). The molecule has 6 heteroatoms. The molecular formula is C18H23N3O2S. The molecule has 0 unspecified atom stereocenters. The lowest BCUT2D eigenvalue weighted by atomic mass is 10.1. The summed E-state index contributed by atoms with van der Waals surface area (Å²) in [5.41, 5.74) is 1.72. The zero-order valence-corrected chi connectivity index (χ0v) is 14.7. The number of hydrogen-bond donors (Lipinski definition) is 2. The summed E-state index contributed by atoms with van der Waals surface area (Å²) in [6, 6.07) is 7.63. The Labute approximate surface area is 146 Å². The van der Waals surface area contributed by atoms with Crippen molar-refractivity contribution in [2.24, 2.45) is 0 Å². The topological polar surface area (TPSA) is 65.5 Å². The first kappa shape index (κ1) is 16.9. The number of carbonyl (C=O) groups excluding carboxylic acids is 1. The van der Waals surface area contributed by atoms with Crippen molar-refractivity contribution in [3.8, 4) is 0 Å². The van der Waals surface area contributed by atoms with Crippen LogP contribution in [0.5, 0.6) is 0 Å². The summed E-state index contributed by atoms with van der Waals surface area (Å²) in [7, 11) is 0. The minimum Gasteiger partial charge on any atom is -0.393 e. The molecule has 0 atom stereocenters. The molecule has 2 heterocycles. The second-order valence-electron chi connectivity index (χ2n) is 6.10. The van der Waals surface area contributed by atoms with Gasteiger partial charge in [-0.25, -0.2) is 4.98 Å². The summed E-state index contributed by atoms with van der Waals surface area (Å²) < 4.78 is 0. The highest BCUT2D eigenvalue weighted by Crippen LogP contribution is 2.22. The van der Waals surface area contributed by atoms with E-state index in [9.17, 15) is 9.90 Å². The fraction of sp³-hybridized carbons (Fsp3) is 0.444. The molecule has 5 nitrogen and oxygen atoms in total. The fourth-order valence-electron chi connectivity index (χ4n) is 2.84. The Bertz CT molecular complexity index is 676. The molecule has 0 radical (unpaired) electrons. The number of aliphatic hydroxyl groups is 1. The summed E-state index contributed by atoms with van der Waals surface area (Å²) in [4.78, 5) is 20.0. The fourth-order valence-corrected chi connectivity index (χ4v) is 3.75. The summed E-state index contributed by atoms with van der Waals surface area (Å²) in [5.74, 6) is -0.131. The number of aromatic nitrogens is 1. The van der Waals surface area contributed by atoms with E-state index in [-0.39, 0.29) is 12.0 Å². The van der Waals surface area contributed by atoms with Crippen LogP contribution in [-0.2, 0) is 6.42 Å². The lowest BCUT2D eigenvalue weighted by Crippen LogP contribution is -2.35. The van der Waals surface area contributed by atoms with Crippen molar-refractivity contribution in [3.05, 3.63) is 40.9 Å². The molecule has 0 saturated carbocycles. The van der Waals surface area contributed by atoms with Gasteiger partial charge in [-0.3, -0.25) is 10.1 Å². The zero-order chi connectivity index (χ0) is 16.9. The lowest BCUT2D eigenvalue weighted by molar-refractivity contribution is 0.102. The second kappa shape index (κ2) is 7.77. The van der Waals surface area contributed by atoms with Crippen molar-refractivity contribution >= 4 is 28.1 Å². The van der Waals surface area contributed by atoms with Crippen molar-refractivity contribution in [3.63, 3.8) is 0 Å². The average molecular weight is 345 g/mol. The van der Waals surface area contributed by atoms with E-state index in [1.165, 1.54) is 16.2 Å². The molecule has 2 N–H and O–H groups in total. The average Bonchev–Trinajstić information content (AvgIpc) is 3.03. The van der Waals surface area contributed by atoms with Crippen LogP contribution in [0.3, 0.4) is 0 Å². The normalized spacial score (nSPS) is 15.5. The first-order valence-electron chi connectivity index (χ1n) is 8.45. The number of anilines is 2. The molecule has 1 amide bonds. The van der Waals surface area contributed by atoms with E-state index >= 15 is 0 Å². The number of hydrogen-bond acceptors (Lipinski definition) is 5. The van der Waals surface area contributed by atoms with Gasteiger partial charge in [-0.05, 0) is 43.5 Å². The number of thiazole rings is 1. The molecule has 1 saturated heterocycles. The van der Waals surface area contributed by atoms with Crippen molar-refractivity contribution in [1.29, 1.82) is 0 Å². The van der Waals surface area contributed by atoms with E-state index in [0.29, 0.717) is 10.7 Å². The molecule has 1 aromatic carbocycles. The Morgan fingerprint density at radius 1 is 1.33 bits per heavy atom. The van der Waals surface area contributed by atoms with Crippen LogP contribution in [0.2, 0.25) is 0 Å². The number of nitrogens with zero attached hydrogens (tertiary/aromatic N) is 2. The number of piperidine rings is 1. The first-order valence-corrected chi connectivity index (χ1v) is 9.26. The van der Waals surface area contributed by atoms with Gasteiger partial charge in [0, 0.05) is 35.4 Å². The molecule has 3 rings (SSSR count). The van der Waals surface area contributed by atoms with E-state index in [0.717, 1.165) is 44.5 Å². The van der Waals surface area contributed by atoms with E-state index in [4.69, 9.17) is 0 Å². The summed E-state index contributed by atoms with van der Waals surface area (Å²) >= 11 is 1.53. The van der Waals surface area contributed by atoms with Crippen LogP contribution in [-0.4, -0.2) is 35.2 Å². The van der Waals surface area contributed by atoms with Gasteiger partial charge in [-0.2, -0.15) is 0 Å². The van der Waals surface area contributed by atoms with E-state index < -0.39 is 0 Å². The molecule has 128 valence electrons. The maximum atomic E-state index is 12.3. The van der Waals surface area contributed by atoms with Crippen molar-refractivity contribution < 1.29 is 9.90 Å². The maximum absolute atomic E-state index is 12.3. The van der Waals surface area contributed by atoms with Gasteiger partial charge in [0.2, 0.25) is 0 Å². The number of benzene rings is 1. The summed E-state index contributed by atoms with van der Waals surface area (Å²) in [6.07, 6.45) is 5.32.